The number of benzene rings is 1. The van der Waals surface area contributed by atoms with Gasteiger partial charge in [0.05, 0.1) is 17.6 Å². The summed E-state index contributed by atoms with van der Waals surface area (Å²) in [5.41, 5.74) is 7.86. The first-order valence-electron chi connectivity index (χ1n) is 8.60. The zero-order valence-electron chi connectivity index (χ0n) is 15.7. The van der Waals surface area contributed by atoms with E-state index in [0.717, 1.165) is 16.4 Å². The number of hydrogen-bond donors (Lipinski definition) is 3. The summed E-state index contributed by atoms with van der Waals surface area (Å²) in [6.07, 6.45) is -0.477. The number of imidazole rings is 1. The van der Waals surface area contributed by atoms with Crippen LogP contribution in [0.2, 0.25) is 0 Å². The number of pyridine rings is 1. The highest BCUT2D eigenvalue weighted by Gasteiger charge is 2.18. The molecule has 2 heterocycles. The van der Waals surface area contributed by atoms with Crippen molar-refractivity contribution in [2.24, 2.45) is 5.90 Å². The quantitative estimate of drug-likeness (QED) is 0.584. The molecule has 0 saturated carbocycles. The van der Waals surface area contributed by atoms with E-state index in [9.17, 15) is 4.79 Å². The molecule has 5 N–H and O–H groups in total. The molecular formula is C18H24N6O3. The van der Waals surface area contributed by atoms with Gasteiger partial charge in [0.25, 0.3) is 0 Å². The highest BCUT2D eigenvalue weighted by molar-refractivity contribution is 6.06. The lowest BCUT2D eigenvalue weighted by atomic mass is 10.1. The highest BCUT2D eigenvalue weighted by atomic mass is 16.6. The molecule has 0 radical (unpaired) electrons. The molecule has 9 heteroatoms. The summed E-state index contributed by atoms with van der Waals surface area (Å²) in [6, 6.07) is 7.64. The summed E-state index contributed by atoms with van der Waals surface area (Å²) in [7, 11) is 0. The lowest BCUT2D eigenvalue weighted by molar-refractivity contribution is 0.112. The first-order chi connectivity index (χ1) is 12.8. The Morgan fingerprint density at radius 1 is 1.26 bits per heavy atom. The lowest BCUT2D eigenvalue weighted by Crippen LogP contribution is -2.41. The number of para-hydroxylation sites is 1. The van der Waals surface area contributed by atoms with E-state index in [-0.39, 0.29) is 18.8 Å². The monoisotopic (exact) mass is 372 g/mol. The van der Waals surface area contributed by atoms with Crippen molar-refractivity contribution in [3.05, 3.63) is 30.1 Å². The predicted octanol–water partition coefficient (Wildman–Crippen LogP) is 2.08. The van der Waals surface area contributed by atoms with Crippen LogP contribution >= 0.6 is 0 Å². The molecule has 9 nitrogen and oxygen atoms in total. The number of ether oxygens (including phenoxy) is 1. The Morgan fingerprint density at radius 3 is 2.70 bits per heavy atom. The second kappa shape index (κ2) is 7.37. The van der Waals surface area contributed by atoms with Crippen molar-refractivity contribution in [1.29, 1.82) is 0 Å². The maximum atomic E-state index is 11.9. The Balaban J connectivity index is 1.95. The summed E-state index contributed by atoms with van der Waals surface area (Å²) in [5, 5.41) is 3.65. The number of nitrogens with zero attached hydrogens (tertiary/aromatic N) is 3. The van der Waals surface area contributed by atoms with Gasteiger partial charge in [-0.3, -0.25) is 4.84 Å². The van der Waals surface area contributed by atoms with Crippen molar-refractivity contribution in [3.63, 3.8) is 0 Å². The third kappa shape index (κ3) is 4.09. The Morgan fingerprint density at radius 2 is 2.00 bits per heavy atom. The Hall–Kier alpha value is -2.91. The summed E-state index contributed by atoms with van der Waals surface area (Å²) < 4.78 is 7.19. The van der Waals surface area contributed by atoms with E-state index in [1.165, 1.54) is 0 Å². The van der Waals surface area contributed by atoms with Gasteiger partial charge in [-0.1, -0.05) is 18.2 Å². The molecule has 0 fully saturated rings. The van der Waals surface area contributed by atoms with Crippen molar-refractivity contribution in [2.45, 2.75) is 39.5 Å². The number of alkyl carbamates (subject to hydrolysis) is 1. The van der Waals surface area contributed by atoms with E-state index in [0.29, 0.717) is 23.7 Å². The zero-order valence-corrected chi connectivity index (χ0v) is 15.7. The Labute approximate surface area is 156 Å². The first kappa shape index (κ1) is 18.9. The second-order valence-corrected chi connectivity index (χ2v) is 7.21. The van der Waals surface area contributed by atoms with Gasteiger partial charge in [-0.05, 0) is 26.8 Å². The van der Waals surface area contributed by atoms with Gasteiger partial charge in [-0.15, -0.1) is 0 Å². The van der Waals surface area contributed by atoms with Crippen LogP contribution in [-0.2, 0) is 22.7 Å². The minimum atomic E-state index is -0.477. The number of hydrogen-bond acceptors (Lipinski definition) is 7. The molecule has 27 heavy (non-hydrogen) atoms. The number of aromatic nitrogens is 3. The number of anilines is 1. The number of carbonyl (C=O) groups is 1. The number of carbonyl (C=O) groups excluding carboxylic acids is 1. The normalized spacial score (nSPS) is 11.9. The molecule has 0 aliphatic heterocycles. The molecule has 1 amide bonds. The minimum Gasteiger partial charge on any atom is -0.448 e. The van der Waals surface area contributed by atoms with E-state index in [4.69, 9.17) is 21.2 Å². The van der Waals surface area contributed by atoms with Crippen LogP contribution in [0.4, 0.5) is 10.6 Å². The number of fused-ring (bicyclic) bond motifs is 3. The number of nitrogens with one attached hydrogen (secondary N) is 1. The summed E-state index contributed by atoms with van der Waals surface area (Å²) in [6.45, 7) is 6.28. The molecule has 0 aliphatic rings. The van der Waals surface area contributed by atoms with Gasteiger partial charge in [-0.2, -0.15) is 0 Å². The predicted molar refractivity (Wildman–Crippen MR) is 103 cm³/mol. The van der Waals surface area contributed by atoms with Crippen molar-refractivity contribution < 1.29 is 14.4 Å². The first-order valence-corrected chi connectivity index (χ1v) is 8.60. The molecule has 0 spiro atoms. The van der Waals surface area contributed by atoms with Gasteiger partial charge in [-0.25, -0.2) is 20.7 Å². The van der Waals surface area contributed by atoms with Crippen molar-refractivity contribution in [1.82, 2.24) is 19.9 Å². The van der Waals surface area contributed by atoms with Crippen molar-refractivity contribution in [2.75, 3.05) is 12.3 Å². The molecule has 3 rings (SSSR count). The highest BCUT2D eigenvalue weighted by Crippen LogP contribution is 2.28. The van der Waals surface area contributed by atoms with Gasteiger partial charge in [0.1, 0.15) is 24.6 Å². The van der Waals surface area contributed by atoms with Crippen LogP contribution in [0.3, 0.4) is 0 Å². The molecule has 1 aromatic carbocycles. The Bertz CT molecular complexity index is 977. The number of rotatable bonds is 5. The van der Waals surface area contributed by atoms with Crippen molar-refractivity contribution >= 4 is 33.8 Å². The summed E-state index contributed by atoms with van der Waals surface area (Å²) in [5.74, 6) is 6.16. The van der Waals surface area contributed by atoms with Crippen molar-refractivity contribution in [3.8, 4) is 0 Å². The van der Waals surface area contributed by atoms with E-state index in [2.05, 4.69) is 15.3 Å². The number of nitrogen functional groups attached to an aromatic ring is 1. The topological polar surface area (TPSA) is 130 Å². The fourth-order valence-corrected chi connectivity index (χ4v) is 2.90. The standard InChI is InChI=1S/C18H24N6O3/c1-18(2,3)23-17(25)26-9-8-24-13(10-27-20)22-14-15(24)11-6-4-5-7-12(11)21-16(14)19/h4-7H,8-10,20H2,1-3H3,(H2,19,21)(H,23,25). The van der Waals surface area contributed by atoms with Gasteiger partial charge in [0.2, 0.25) is 0 Å². The molecule has 0 unspecified atom stereocenters. The van der Waals surface area contributed by atoms with Crippen LogP contribution in [0.15, 0.2) is 24.3 Å². The largest absolute Gasteiger partial charge is 0.448 e. The molecule has 3 aromatic rings. The van der Waals surface area contributed by atoms with E-state index in [1.807, 2.05) is 49.6 Å². The van der Waals surface area contributed by atoms with Crippen LogP contribution < -0.4 is 16.9 Å². The van der Waals surface area contributed by atoms with Gasteiger partial charge in [0.15, 0.2) is 5.82 Å². The van der Waals surface area contributed by atoms with Crippen LogP contribution in [0.1, 0.15) is 26.6 Å². The fraction of sp³-hybridized carbons (Fsp3) is 0.389. The van der Waals surface area contributed by atoms with E-state index < -0.39 is 6.09 Å². The number of amides is 1. The molecular weight excluding hydrogens is 348 g/mol. The molecule has 0 aliphatic carbocycles. The van der Waals surface area contributed by atoms with E-state index in [1.54, 1.807) is 0 Å². The third-order valence-electron chi connectivity index (χ3n) is 3.93. The third-order valence-corrected chi connectivity index (χ3v) is 3.93. The maximum absolute atomic E-state index is 11.9. The Kier molecular flexibility index (Phi) is 5.15. The molecule has 0 saturated heterocycles. The number of nitrogens with two attached hydrogens (primary N) is 2. The maximum Gasteiger partial charge on any atom is 0.407 e. The van der Waals surface area contributed by atoms with Crippen LogP contribution in [0.5, 0.6) is 0 Å². The van der Waals surface area contributed by atoms with Gasteiger partial charge in [0, 0.05) is 10.9 Å². The average molecular weight is 372 g/mol. The summed E-state index contributed by atoms with van der Waals surface area (Å²) >= 11 is 0. The second-order valence-electron chi connectivity index (χ2n) is 7.21. The smallest absolute Gasteiger partial charge is 0.407 e. The van der Waals surface area contributed by atoms with Crippen LogP contribution in [-0.4, -0.2) is 32.8 Å². The lowest BCUT2D eigenvalue weighted by Gasteiger charge is -2.20. The van der Waals surface area contributed by atoms with Gasteiger partial charge < -0.3 is 20.4 Å². The molecule has 0 atom stereocenters. The molecule has 144 valence electrons. The van der Waals surface area contributed by atoms with E-state index >= 15 is 0 Å². The SMILES string of the molecule is CC(C)(C)NC(=O)OCCn1c(CON)nc2c(N)nc3ccccc3c21. The van der Waals surface area contributed by atoms with Gasteiger partial charge >= 0.3 is 6.09 Å². The minimum absolute atomic E-state index is 0.0939. The fourth-order valence-electron chi connectivity index (χ4n) is 2.90. The van der Waals surface area contributed by atoms with Crippen LogP contribution in [0.25, 0.3) is 21.9 Å². The zero-order chi connectivity index (χ0) is 19.6. The average Bonchev–Trinajstić information content (AvgIpc) is 2.93. The van der Waals surface area contributed by atoms with Crippen LogP contribution in [0, 0.1) is 0 Å². The summed E-state index contributed by atoms with van der Waals surface area (Å²) in [4.78, 5) is 25.6. The molecule has 2 aromatic heterocycles. The molecule has 0 bridgehead atoms.